The summed E-state index contributed by atoms with van der Waals surface area (Å²) >= 11 is 1.18. The first-order chi connectivity index (χ1) is 14.0. The number of fused-ring (bicyclic) bond motifs is 1. The van der Waals surface area contributed by atoms with E-state index in [9.17, 15) is 18.8 Å². The highest BCUT2D eigenvalue weighted by Crippen LogP contribution is 2.26. The minimum Gasteiger partial charge on any atom is -0.422 e. The van der Waals surface area contributed by atoms with Crippen molar-refractivity contribution in [3.05, 3.63) is 87.2 Å². The standard InChI is InChI=1S/C21H11F2N3O2S/c22-16-6-5-14(8-17(16)23)25-10-13(9-24)20-26-18(11-29-20)15-7-12-3-1-2-4-19(12)28-21(15)27/h1-8,10-11,25H. The Balaban J connectivity index is 1.65. The van der Waals surface area contributed by atoms with E-state index in [2.05, 4.69) is 10.3 Å². The fraction of sp³-hybridized carbons (Fsp3) is 0. The first kappa shape index (κ1) is 18.5. The van der Waals surface area contributed by atoms with Crippen LogP contribution in [0.1, 0.15) is 5.01 Å². The predicted octanol–water partition coefficient (Wildman–Crippen LogP) is 5.17. The van der Waals surface area contributed by atoms with E-state index >= 15 is 0 Å². The van der Waals surface area contributed by atoms with Gasteiger partial charge in [0.2, 0.25) is 0 Å². The van der Waals surface area contributed by atoms with E-state index in [1.54, 1.807) is 23.6 Å². The van der Waals surface area contributed by atoms with Gasteiger partial charge in [0.1, 0.15) is 22.2 Å². The lowest BCUT2D eigenvalue weighted by molar-refractivity contribution is 0.509. The lowest BCUT2D eigenvalue weighted by Gasteiger charge is -2.02. The van der Waals surface area contributed by atoms with Crippen LogP contribution in [0, 0.1) is 23.0 Å². The summed E-state index contributed by atoms with van der Waals surface area (Å²) in [6.45, 7) is 0. The quantitative estimate of drug-likeness (QED) is 0.373. The number of benzene rings is 2. The topological polar surface area (TPSA) is 78.9 Å². The summed E-state index contributed by atoms with van der Waals surface area (Å²) < 4.78 is 31.6. The second kappa shape index (κ2) is 7.66. The third-order valence-corrected chi connectivity index (χ3v) is 4.95. The van der Waals surface area contributed by atoms with Crippen LogP contribution in [0.4, 0.5) is 14.5 Å². The predicted molar refractivity (Wildman–Crippen MR) is 107 cm³/mol. The molecule has 0 radical (unpaired) electrons. The largest absolute Gasteiger partial charge is 0.422 e. The van der Waals surface area contributed by atoms with Gasteiger partial charge in [-0.25, -0.2) is 18.6 Å². The molecular formula is C21H11F2N3O2S. The van der Waals surface area contributed by atoms with Crippen molar-refractivity contribution in [2.75, 3.05) is 5.32 Å². The maximum absolute atomic E-state index is 13.3. The van der Waals surface area contributed by atoms with Crippen molar-refractivity contribution < 1.29 is 13.2 Å². The van der Waals surface area contributed by atoms with E-state index in [1.165, 1.54) is 23.6 Å². The van der Waals surface area contributed by atoms with Gasteiger partial charge in [0.05, 0.1) is 11.3 Å². The van der Waals surface area contributed by atoms with Gasteiger partial charge in [0, 0.05) is 28.7 Å². The smallest absolute Gasteiger partial charge is 0.345 e. The number of nitrogens with zero attached hydrogens (tertiary/aromatic N) is 2. The van der Waals surface area contributed by atoms with E-state index in [-0.39, 0.29) is 16.8 Å². The van der Waals surface area contributed by atoms with Crippen LogP contribution >= 0.6 is 11.3 Å². The molecule has 0 fully saturated rings. The first-order valence-electron chi connectivity index (χ1n) is 8.36. The van der Waals surface area contributed by atoms with Crippen LogP contribution in [-0.2, 0) is 0 Å². The van der Waals surface area contributed by atoms with Crippen molar-refractivity contribution in [2.24, 2.45) is 0 Å². The van der Waals surface area contributed by atoms with Crippen molar-refractivity contribution in [2.45, 2.75) is 0 Å². The average molecular weight is 407 g/mol. The molecule has 0 aliphatic rings. The minimum atomic E-state index is -0.999. The monoisotopic (exact) mass is 407 g/mol. The van der Waals surface area contributed by atoms with Crippen LogP contribution < -0.4 is 10.9 Å². The number of allylic oxidation sites excluding steroid dienone is 1. The molecule has 0 spiro atoms. The van der Waals surface area contributed by atoms with Crippen molar-refractivity contribution in [1.29, 1.82) is 5.26 Å². The second-order valence-corrected chi connectivity index (χ2v) is 6.82. The number of nitriles is 1. The Kier molecular flexibility index (Phi) is 4.89. The van der Waals surface area contributed by atoms with E-state index in [1.807, 2.05) is 18.2 Å². The molecule has 2 aromatic heterocycles. The Morgan fingerprint density at radius 1 is 1.17 bits per heavy atom. The summed E-state index contributed by atoms with van der Waals surface area (Å²) in [6.07, 6.45) is 1.35. The van der Waals surface area contributed by atoms with Gasteiger partial charge in [-0.05, 0) is 24.3 Å². The molecule has 142 valence electrons. The zero-order valence-corrected chi connectivity index (χ0v) is 15.5. The summed E-state index contributed by atoms with van der Waals surface area (Å²) in [4.78, 5) is 16.6. The third kappa shape index (κ3) is 3.77. The third-order valence-electron chi connectivity index (χ3n) is 4.08. The Hall–Kier alpha value is -3.83. The molecule has 4 rings (SSSR count). The highest BCUT2D eigenvalue weighted by molar-refractivity contribution is 7.11. The van der Waals surface area contributed by atoms with Gasteiger partial charge < -0.3 is 9.73 Å². The molecule has 0 amide bonds. The van der Waals surface area contributed by atoms with Crippen LogP contribution in [0.2, 0.25) is 0 Å². The van der Waals surface area contributed by atoms with E-state index in [0.29, 0.717) is 16.3 Å². The summed E-state index contributed by atoms with van der Waals surface area (Å²) in [6, 6.07) is 14.1. The van der Waals surface area contributed by atoms with Crippen LogP contribution in [0.25, 0.3) is 27.8 Å². The Labute approximate surface area is 167 Å². The molecule has 0 bridgehead atoms. The van der Waals surface area contributed by atoms with Gasteiger partial charge >= 0.3 is 5.63 Å². The number of halogens is 2. The normalized spacial score (nSPS) is 11.4. The SMILES string of the molecule is N#CC(=CNc1ccc(F)c(F)c1)c1nc(-c2cc3ccccc3oc2=O)cs1. The van der Waals surface area contributed by atoms with Crippen LogP contribution in [0.3, 0.4) is 0 Å². The summed E-state index contributed by atoms with van der Waals surface area (Å²) in [5.74, 6) is -1.96. The van der Waals surface area contributed by atoms with Crippen molar-refractivity contribution in [3.8, 4) is 17.3 Å². The zero-order valence-electron chi connectivity index (χ0n) is 14.6. The van der Waals surface area contributed by atoms with Crippen molar-refractivity contribution in [1.82, 2.24) is 4.98 Å². The Morgan fingerprint density at radius 2 is 2.00 bits per heavy atom. The molecular weight excluding hydrogens is 396 g/mol. The molecule has 0 unspecified atom stereocenters. The van der Waals surface area contributed by atoms with E-state index < -0.39 is 17.3 Å². The lowest BCUT2D eigenvalue weighted by Crippen LogP contribution is -2.02. The molecule has 0 aliphatic heterocycles. The van der Waals surface area contributed by atoms with Gasteiger partial charge in [0.25, 0.3) is 0 Å². The van der Waals surface area contributed by atoms with Crippen molar-refractivity contribution >= 4 is 33.6 Å². The second-order valence-electron chi connectivity index (χ2n) is 5.97. The van der Waals surface area contributed by atoms with Crippen molar-refractivity contribution in [3.63, 3.8) is 0 Å². The number of para-hydroxylation sites is 1. The molecule has 0 aliphatic carbocycles. The minimum absolute atomic E-state index is 0.177. The fourth-order valence-electron chi connectivity index (χ4n) is 2.64. The summed E-state index contributed by atoms with van der Waals surface area (Å²) in [7, 11) is 0. The highest BCUT2D eigenvalue weighted by atomic mass is 32.1. The van der Waals surface area contributed by atoms with Gasteiger partial charge in [0.15, 0.2) is 11.6 Å². The van der Waals surface area contributed by atoms with Gasteiger partial charge in [-0.3, -0.25) is 0 Å². The lowest BCUT2D eigenvalue weighted by atomic mass is 10.1. The number of hydrogen-bond acceptors (Lipinski definition) is 6. The molecule has 1 N–H and O–H groups in total. The first-order valence-corrected chi connectivity index (χ1v) is 9.24. The van der Waals surface area contributed by atoms with E-state index in [4.69, 9.17) is 4.42 Å². The number of rotatable bonds is 4. The molecule has 2 heterocycles. The Bertz CT molecular complexity index is 1350. The molecule has 29 heavy (non-hydrogen) atoms. The van der Waals surface area contributed by atoms with Gasteiger partial charge in [-0.15, -0.1) is 11.3 Å². The molecule has 0 atom stereocenters. The van der Waals surface area contributed by atoms with Gasteiger partial charge in [-0.1, -0.05) is 18.2 Å². The molecule has 0 saturated carbocycles. The number of hydrogen-bond donors (Lipinski definition) is 1. The number of anilines is 1. The maximum atomic E-state index is 13.3. The molecule has 0 saturated heterocycles. The summed E-state index contributed by atoms with van der Waals surface area (Å²) in [5.41, 5.74) is 1.09. The number of aromatic nitrogens is 1. The molecule has 8 heteroatoms. The van der Waals surface area contributed by atoms with Crippen LogP contribution in [-0.4, -0.2) is 4.98 Å². The molecule has 4 aromatic rings. The number of thiazole rings is 1. The average Bonchev–Trinajstić information content (AvgIpc) is 3.20. The van der Waals surface area contributed by atoms with Gasteiger partial charge in [-0.2, -0.15) is 5.26 Å². The fourth-order valence-corrected chi connectivity index (χ4v) is 3.43. The highest BCUT2D eigenvalue weighted by Gasteiger charge is 2.14. The van der Waals surface area contributed by atoms with Crippen LogP contribution in [0.5, 0.6) is 0 Å². The maximum Gasteiger partial charge on any atom is 0.345 e. The molecule has 2 aromatic carbocycles. The Morgan fingerprint density at radius 3 is 2.79 bits per heavy atom. The summed E-state index contributed by atoms with van der Waals surface area (Å²) in [5, 5.41) is 14.9. The van der Waals surface area contributed by atoms with E-state index in [0.717, 1.165) is 17.5 Å². The van der Waals surface area contributed by atoms with Crippen LogP contribution in [0.15, 0.2) is 69.3 Å². The zero-order chi connectivity index (χ0) is 20.4. The number of nitrogens with one attached hydrogen (secondary N) is 1. The molecule has 5 nitrogen and oxygen atoms in total.